The Kier molecular flexibility index (Phi) is 7.45. The molecule has 0 aromatic carbocycles. The highest BCUT2D eigenvalue weighted by Crippen LogP contribution is 2.34. The lowest BCUT2D eigenvalue weighted by Crippen LogP contribution is -2.48. The van der Waals surface area contributed by atoms with Crippen molar-refractivity contribution < 1.29 is 9.59 Å². The van der Waals surface area contributed by atoms with E-state index in [0.29, 0.717) is 18.6 Å². The van der Waals surface area contributed by atoms with E-state index >= 15 is 0 Å². The molecular weight excluding hydrogens is 551 g/mol. The third-order valence-corrected chi connectivity index (χ3v) is 7.02. The minimum atomic E-state index is -0.331. The van der Waals surface area contributed by atoms with Gasteiger partial charge in [0.15, 0.2) is 0 Å². The van der Waals surface area contributed by atoms with Gasteiger partial charge in [-0.2, -0.15) is 0 Å². The van der Waals surface area contributed by atoms with Crippen molar-refractivity contribution >= 4 is 60.9 Å². The lowest BCUT2D eigenvalue weighted by atomic mass is 10.0. The molecule has 10 heteroatoms. The number of rotatable bonds is 6. The Bertz CT molecular complexity index is 1180. The lowest BCUT2D eigenvalue weighted by Gasteiger charge is -2.38. The van der Waals surface area contributed by atoms with Crippen LogP contribution in [0.4, 0.5) is 10.5 Å². The number of hydrogen-bond acceptors (Lipinski definition) is 7. The topological polar surface area (TPSA) is 105 Å². The summed E-state index contributed by atoms with van der Waals surface area (Å²) in [6.07, 6.45) is 7.11. The molecule has 0 bridgehead atoms. The number of aromatic nitrogens is 3. The fraction of sp³-hybridized carbons (Fsp3) is 0.348. The van der Waals surface area contributed by atoms with Crippen LogP contribution in [0.15, 0.2) is 41.7 Å². The number of thioether (sulfide) groups is 1. The Hall–Kier alpha value is -2.31. The van der Waals surface area contributed by atoms with E-state index in [0.717, 1.165) is 45.9 Å². The zero-order chi connectivity index (χ0) is 23.5. The number of primary amides is 1. The van der Waals surface area contributed by atoms with Crippen LogP contribution >= 0.6 is 34.4 Å². The van der Waals surface area contributed by atoms with Gasteiger partial charge in [-0.25, -0.2) is 9.97 Å². The smallest absolute Gasteiger partial charge is 0.287 e. The van der Waals surface area contributed by atoms with Gasteiger partial charge in [-0.1, -0.05) is 0 Å². The number of likely N-dealkylation sites (tertiary alicyclic amines) is 1. The largest absolute Gasteiger partial charge is 0.369 e. The monoisotopic (exact) mass is 576 g/mol. The van der Waals surface area contributed by atoms with Gasteiger partial charge in [0.05, 0.1) is 28.5 Å². The highest BCUT2D eigenvalue weighted by atomic mass is 127. The molecule has 0 saturated carbocycles. The molecule has 0 unspecified atom stereocenters. The maximum atomic E-state index is 12.9. The van der Waals surface area contributed by atoms with Crippen molar-refractivity contribution in [1.29, 1.82) is 0 Å². The summed E-state index contributed by atoms with van der Waals surface area (Å²) < 4.78 is -0.0604. The molecule has 3 aromatic rings. The second-order valence-electron chi connectivity index (χ2n) is 8.04. The van der Waals surface area contributed by atoms with Crippen LogP contribution in [0.5, 0.6) is 0 Å². The normalized spacial score (nSPS) is 15.0. The molecule has 1 saturated heterocycles. The standard InChI is InChI=1S/C23H25IN6O2S/c1-14-11-26-18-5-4-17(15-3-6-20(33-2)27-12-15)28-21(18)22(14)30(23(24)32)16-7-9-29(10-8-16)13-19(25)31/h3-6,11-12,16H,7-10,13H2,1-2H3,(H2,25,31). The first-order valence-electron chi connectivity index (χ1n) is 10.6. The number of carbonyl (C=O) groups excluding carboxylic acids is 2. The number of amides is 2. The van der Waals surface area contributed by atoms with E-state index in [1.54, 1.807) is 18.0 Å². The van der Waals surface area contributed by atoms with Crippen LogP contribution in [-0.2, 0) is 4.79 Å². The minimum Gasteiger partial charge on any atom is -0.369 e. The zero-order valence-electron chi connectivity index (χ0n) is 18.5. The fourth-order valence-corrected chi connectivity index (χ4v) is 5.23. The van der Waals surface area contributed by atoms with Gasteiger partial charge in [0.2, 0.25) is 5.91 Å². The number of pyridine rings is 3. The Morgan fingerprint density at radius 3 is 2.55 bits per heavy atom. The van der Waals surface area contributed by atoms with Gasteiger partial charge in [0, 0.05) is 59.7 Å². The van der Waals surface area contributed by atoms with Crippen LogP contribution in [0, 0.1) is 6.92 Å². The zero-order valence-corrected chi connectivity index (χ0v) is 21.5. The quantitative estimate of drug-likeness (QED) is 0.205. The molecule has 0 atom stereocenters. The maximum Gasteiger partial charge on any atom is 0.287 e. The van der Waals surface area contributed by atoms with Crippen LogP contribution in [0.2, 0.25) is 0 Å². The lowest BCUT2D eigenvalue weighted by molar-refractivity contribution is -0.119. The van der Waals surface area contributed by atoms with E-state index in [1.165, 1.54) is 0 Å². The van der Waals surface area contributed by atoms with Crippen molar-refractivity contribution in [2.45, 2.75) is 30.8 Å². The molecule has 33 heavy (non-hydrogen) atoms. The van der Waals surface area contributed by atoms with Crippen molar-refractivity contribution in [2.24, 2.45) is 5.73 Å². The number of carbonyl (C=O) groups is 2. The molecule has 1 aliphatic heterocycles. The van der Waals surface area contributed by atoms with Gasteiger partial charge in [0.1, 0.15) is 5.52 Å². The van der Waals surface area contributed by atoms with Crippen LogP contribution in [-0.4, -0.2) is 61.6 Å². The first-order valence-corrected chi connectivity index (χ1v) is 12.9. The molecule has 3 aromatic heterocycles. The Labute approximate surface area is 210 Å². The highest BCUT2D eigenvalue weighted by Gasteiger charge is 2.31. The third-order valence-electron chi connectivity index (χ3n) is 5.84. The average molecular weight is 576 g/mol. The molecule has 0 aliphatic carbocycles. The number of nitrogens with zero attached hydrogens (tertiary/aromatic N) is 5. The van der Waals surface area contributed by atoms with Crippen molar-refractivity contribution in [2.75, 3.05) is 30.8 Å². The second kappa shape index (κ2) is 10.3. The molecule has 2 N–H and O–H groups in total. The van der Waals surface area contributed by atoms with E-state index in [4.69, 9.17) is 10.7 Å². The highest BCUT2D eigenvalue weighted by molar-refractivity contribution is 14.1. The third kappa shape index (κ3) is 5.28. The first-order chi connectivity index (χ1) is 15.9. The molecule has 0 radical (unpaired) electrons. The van der Waals surface area contributed by atoms with Crippen LogP contribution in [0.3, 0.4) is 0 Å². The van der Waals surface area contributed by atoms with Crippen LogP contribution in [0.25, 0.3) is 22.3 Å². The fourth-order valence-electron chi connectivity index (χ4n) is 4.23. The summed E-state index contributed by atoms with van der Waals surface area (Å²) in [5.74, 6) is -0.331. The Morgan fingerprint density at radius 1 is 1.18 bits per heavy atom. The second-order valence-corrected chi connectivity index (χ2v) is 9.79. The molecule has 4 heterocycles. The first kappa shape index (κ1) is 23.8. The maximum absolute atomic E-state index is 12.9. The predicted molar refractivity (Wildman–Crippen MR) is 140 cm³/mol. The van der Waals surface area contributed by atoms with E-state index < -0.39 is 0 Å². The molecule has 4 rings (SSSR count). The van der Waals surface area contributed by atoms with Gasteiger partial charge in [-0.05, 0) is 55.9 Å². The molecule has 8 nitrogen and oxygen atoms in total. The van der Waals surface area contributed by atoms with Crippen molar-refractivity contribution in [3.8, 4) is 11.3 Å². The molecule has 1 fully saturated rings. The van der Waals surface area contributed by atoms with E-state index in [1.807, 2.05) is 76.0 Å². The van der Waals surface area contributed by atoms with Gasteiger partial charge < -0.3 is 5.73 Å². The molecule has 172 valence electrons. The van der Waals surface area contributed by atoms with E-state index in [9.17, 15) is 9.59 Å². The van der Waals surface area contributed by atoms with Gasteiger partial charge >= 0.3 is 0 Å². The summed E-state index contributed by atoms with van der Waals surface area (Å²) in [5, 5.41) is 0.946. The summed E-state index contributed by atoms with van der Waals surface area (Å²) in [7, 11) is 0. The number of aryl methyl sites for hydroxylation is 1. The average Bonchev–Trinajstić information content (AvgIpc) is 2.81. The number of piperidine rings is 1. The summed E-state index contributed by atoms with van der Waals surface area (Å²) in [6.45, 7) is 3.63. The minimum absolute atomic E-state index is 0.0100. The van der Waals surface area contributed by atoms with Gasteiger partial charge in [-0.15, -0.1) is 11.8 Å². The van der Waals surface area contributed by atoms with Crippen LogP contribution < -0.4 is 10.6 Å². The Balaban J connectivity index is 1.73. The number of nitrogens with two attached hydrogens (primary N) is 1. The number of halogens is 1. The Morgan fingerprint density at radius 2 is 1.94 bits per heavy atom. The van der Waals surface area contributed by atoms with Crippen molar-refractivity contribution in [1.82, 2.24) is 19.9 Å². The molecular formula is C23H25IN6O2S. The van der Waals surface area contributed by atoms with Crippen molar-refractivity contribution in [3.63, 3.8) is 0 Å². The predicted octanol–water partition coefficient (Wildman–Crippen LogP) is 4.03. The van der Waals surface area contributed by atoms with Gasteiger partial charge in [0.25, 0.3) is 3.91 Å². The summed E-state index contributed by atoms with van der Waals surface area (Å²) in [5.41, 5.74) is 10.2. The molecule has 1 aliphatic rings. The van der Waals surface area contributed by atoms with E-state index in [2.05, 4.69) is 9.97 Å². The number of hydrogen-bond donors (Lipinski definition) is 1. The molecule has 0 spiro atoms. The van der Waals surface area contributed by atoms with Gasteiger partial charge in [-0.3, -0.25) is 24.4 Å². The molecule has 2 amide bonds. The number of anilines is 1. The summed E-state index contributed by atoms with van der Waals surface area (Å²) >= 11 is 3.44. The summed E-state index contributed by atoms with van der Waals surface area (Å²) in [6, 6.07) is 7.86. The van der Waals surface area contributed by atoms with Crippen LogP contribution in [0.1, 0.15) is 18.4 Å². The summed E-state index contributed by atoms with van der Waals surface area (Å²) in [4.78, 5) is 42.0. The van der Waals surface area contributed by atoms with E-state index in [-0.39, 0.29) is 22.4 Å². The number of fused-ring (bicyclic) bond motifs is 1. The SMILES string of the molecule is CSc1ccc(-c2ccc3ncc(C)c(N(C(=O)I)C4CCN(CC(N)=O)CC4)c3n2)cn1. The van der Waals surface area contributed by atoms with Crippen molar-refractivity contribution in [3.05, 3.63) is 42.2 Å².